The van der Waals surface area contributed by atoms with Crippen LogP contribution in [-0.2, 0) is 0 Å². The Bertz CT molecular complexity index is 390. The van der Waals surface area contributed by atoms with Crippen LogP contribution in [0, 0.1) is 3.57 Å². The van der Waals surface area contributed by atoms with Crippen LogP contribution in [0.5, 0.6) is 0 Å². The highest BCUT2D eigenvalue weighted by molar-refractivity contribution is 14.1. The van der Waals surface area contributed by atoms with E-state index >= 15 is 0 Å². The quantitative estimate of drug-likeness (QED) is 0.715. The molecule has 2 aliphatic carbocycles. The van der Waals surface area contributed by atoms with Gasteiger partial charge in [-0.2, -0.15) is 0 Å². The number of nitrogens with zero attached hydrogens (tertiary/aromatic N) is 3. The standard InChI is InChI=1S/C16H24IN3/c17-13-11-18-16(19-12-13)20(14-7-3-1-4-8-14)15-9-5-2-6-10-15/h11-12,14-15H,1-10H2. The van der Waals surface area contributed by atoms with Gasteiger partial charge in [0.2, 0.25) is 5.95 Å². The van der Waals surface area contributed by atoms with Gasteiger partial charge in [0, 0.05) is 28.0 Å². The summed E-state index contributed by atoms with van der Waals surface area (Å²) in [6.07, 6.45) is 17.5. The molecular weight excluding hydrogens is 361 g/mol. The predicted octanol–water partition coefficient (Wildman–Crippen LogP) is 4.55. The Kier molecular flexibility index (Phi) is 5.13. The number of aromatic nitrogens is 2. The van der Waals surface area contributed by atoms with Gasteiger partial charge in [0.1, 0.15) is 0 Å². The minimum atomic E-state index is 0.673. The molecule has 0 bridgehead atoms. The number of hydrogen-bond donors (Lipinski definition) is 0. The molecule has 0 unspecified atom stereocenters. The van der Waals surface area contributed by atoms with E-state index < -0.39 is 0 Å². The molecule has 3 rings (SSSR count). The SMILES string of the molecule is Ic1cnc(N(C2CCCCC2)C2CCCCC2)nc1. The summed E-state index contributed by atoms with van der Waals surface area (Å²) in [7, 11) is 0. The van der Waals surface area contributed by atoms with Crippen LogP contribution in [0.25, 0.3) is 0 Å². The first-order valence-corrected chi connectivity index (χ1v) is 9.18. The van der Waals surface area contributed by atoms with E-state index in [-0.39, 0.29) is 0 Å². The molecule has 1 heterocycles. The molecule has 4 heteroatoms. The molecule has 1 aromatic heterocycles. The molecule has 0 spiro atoms. The largest absolute Gasteiger partial charge is 0.335 e. The zero-order valence-electron chi connectivity index (χ0n) is 12.1. The summed E-state index contributed by atoms with van der Waals surface area (Å²) in [5, 5.41) is 0. The van der Waals surface area contributed by atoms with Crippen molar-refractivity contribution >= 4 is 28.5 Å². The Labute approximate surface area is 135 Å². The highest BCUT2D eigenvalue weighted by atomic mass is 127. The second kappa shape index (κ2) is 7.05. The third-order valence-corrected chi connectivity index (χ3v) is 5.33. The monoisotopic (exact) mass is 385 g/mol. The topological polar surface area (TPSA) is 29.0 Å². The van der Waals surface area contributed by atoms with E-state index in [1.165, 1.54) is 64.2 Å². The average molecular weight is 385 g/mol. The van der Waals surface area contributed by atoms with Gasteiger partial charge >= 0.3 is 0 Å². The molecule has 2 fully saturated rings. The van der Waals surface area contributed by atoms with Crippen molar-refractivity contribution in [3.63, 3.8) is 0 Å². The zero-order valence-corrected chi connectivity index (χ0v) is 14.3. The molecule has 3 nitrogen and oxygen atoms in total. The van der Waals surface area contributed by atoms with E-state index in [0.29, 0.717) is 12.1 Å². The van der Waals surface area contributed by atoms with Gasteiger partial charge in [-0.15, -0.1) is 0 Å². The summed E-state index contributed by atoms with van der Waals surface area (Å²) >= 11 is 2.29. The lowest BCUT2D eigenvalue weighted by atomic mass is 9.89. The molecule has 1 aromatic rings. The van der Waals surface area contributed by atoms with Crippen molar-refractivity contribution in [2.24, 2.45) is 0 Å². The van der Waals surface area contributed by atoms with Crippen molar-refractivity contribution in [1.82, 2.24) is 9.97 Å². The van der Waals surface area contributed by atoms with Gasteiger partial charge in [0.25, 0.3) is 0 Å². The van der Waals surface area contributed by atoms with E-state index in [1.807, 2.05) is 12.4 Å². The lowest BCUT2D eigenvalue weighted by Gasteiger charge is -2.41. The van der Waals surface area contributed by atoms with Crippen LogP contribution in [0.3, 0.4) is 0 Å². The van der Waals surface area contributed by atoms with Gasteiger partial charge in [0.15, 0.2) is 0 Å². The zero-order chi connectivity index (χ0) is 13.8. The lowest BCUT2D eigenvalue weighted by Crippen LogP contribution is -2.46. The first-order valence-electron chi connectivity index (χ1n) is 8.10. The van der Waals surface area contributed by atoms with Gasteiger partial charge in [0.05, 0.1) is 0 Å². The van der Waals surface area contributed by atoms with E-state index in [9.17, 15) is 0 Å². The summed E-state index contributed by atoms with van der Waals surface area (Å²) in [4.78, 5) is 11.9. The van der Waals surface area contributed by atoms with Gasteiger partial charge < -0.3 is 4.90 Å². The Morgan fingerprint density at radius 1 is 0.800 bits per heavy atom. The smallest absolute Gasteiger partial charge is 0.225 e. The Morgan fingerprint density at radius 2 is 1.25 bits per heavy atom. The molecule has 0 N–H and O–H groups in total. The fraction of sp³-hybridized carbons (Fsp3) is 0.750. The molecular formula is C16H24IN3. The average Bonchev–Trinajstić information content (AvgIpc) is 2.52. The van der Waals surface area contributed by atoms with Crippen LogP contribution in [-0.4, -0.2) is 22.1 Å². The molecule has 20 heavy (non-hydrogen) atoms. The second-order valence-corrected chi connectivity index (χ2v) is 7.44. The molecule has 2 saturated carbocycles. The van der Waals surface area contributed by atoms with Gasteiger partial charge in [-0.05, 0) is 48.3 Å². The van der Waals surface area contributed by atoms with Gasteiger partial charge in [-0.3, -0.25) is 0 Å². The van der Waals surface area contributed by atoms with E-state index in [0.717, 1.165) is 9.52 Å². The Balaban J connectivity index is 1.83. The highest BCUT2D eigenvalue weighted by Crippen LogP contribution is 2.32. The minimum absolute atomic E-state index is 0.673. The molecule has 0 atom stereocenters. The van der Waals surface area contributed by atoms with Crippen molar-refractivity contribution < 1.29 is 0 Å². The van der Waals surface area contributed by atoms with Gasteiger partial charge in [-0.25, -0.2) is 9.97 Å². The van der Waals surface area contributed by atoms with E-state index in [4.69, 9.17) is 0 Å². The molecule has 2 aliphatic rings. The maximum atomic E-state index is 4.64. The van der Waals surface area contributed by atoms with Crippen LogP contribution >= 0.6 is 22.6 Å². The maximum Gasteiger partial charge on any atom is 0.225 e. The van der Waals surface area contributed by atoms with Crippen LogP contribution in [0.2, 0.25) is 0 Å². The first kappa shape index (κ1) is 14.5. The minimum Gasteiger partial charge on any atom is -0.335 e. The fourth-order valence-electron chi connectivity index (χ4n) is 3.78. The Hall–Kier alpha value is -0.390. The summed E-state index contributed by atoms with van der Waals surface area (Å²) in [5.41, 5.74) is 0. The Morgan fingerprint density at radius 3 is 1.70 bits per heavy atom. The van der Waals surface area contributed by atoms with E-state index in [2.05, 4.69) is 37.5 Å². The molecule has 0 radical (unpaired) electrons. The predicted molar refractivity (Wildman–Crippen MR) is 91.0 cm³/mol. The van der Waals surface area contributed by atoms with Gasteiger partial charge in [-0.1, -0.05) is 38.5 Å². The fourth-order valence-corrected chi connectivity index (χ4v) is 4.06. The summed E-state index contributed by atoms with van der Waals surface area (Å²) in [6.45, 7) is 0. The number of hydrogen-bond acceptors (Lipinski definition) is 3. The highest BCUT2D eigenvalue weighted by Gasteiger charge is 2.30. The third-order valence-electron chi connectivity index (χ3n) is 4.77. The summed E-state index contributed by atoms with van der Waals surface area (Å²) in [6, 6.07) is 1.35. The van der Waals surface area contributed by atoms with Crippen LogP contribution in [0.4, 0.5) is 5.95 Å². The lowest BCUT2D eigenvalue weighted by molar-refractivity contribution is 0.335. The first-order chi connectivity index (χ1) is 9.84. The van der Waals surface area contributed by atoms with Crippen molar-refractivity contribution in [3.8, 4) is 0 Å². The molecule has 110 valence electrons. The number of rotatable bonds is 3. The van der Waals surface area contributed by atoms with Crippen molar-refractivity contribution in [3.05, 3.63) is 16.0 Å². The summed E-state index contributed by atoms with van der Waals surface area (Å²) in [5.74, 6) is 0.976. The van der Waals surface area contributed by atoms with Crippen molar-refractivity contribution in [2.75, 3.05) is 4.90 Å². The van der Waals surface area contributed by atoms with Crippen LogP contribution in [0.15, 0.2) is 12.4 Å². The molecule has 0 aliphatic heterocycles. The van der Waals surface area contributed by atoms with Crippen LogP contribution < -0.4 is 4.90 Å². The molecule has 0 amide bonds. The number of anilines is 1. The van der Waals surface area contributed by atoms with Crippen LogP contribution in [0.1, 0.15) is 64.2 Å². The molecule has 0 aromatic carbocycles. The normalized spacial score (nSPS) is 21.9. The van der Waals surface area contributed by atoms with E-state index in [1.54, 1.807) is 0 Å². The summed E-state index contributed by atoms with van der Waals surface area (Å²) < 4.78 is 1.12. The maximum absolute atomic E-state index is 4.64. The molecule has 0 saturated heterocycles. The number of halogens is 1. The third kappa shape index (κ3) is 3.43. The van der Waals surface area contributed by atoms with Crippen molar-refractivity contribution in [1.29, 1.82) is 0 Å². The second-order valence-electron chi connectivity index (χ2n) is 6.19. The van der Waals surface area contributed by atoms with Crippen molar-refractivity contribution in [2.45, 2.75) is 76.3 Å².